The number of amides is 4. The molecule has 4 amide bonds. The molecule has 45 heavy (non-hydrogen) atoms. The first kappa shape index (κ1) is 30.4. The summed E-state index contributed by atoms with van der Waals surface area (Å²) in [6, 6.07) is 16.5. The zero-order valence-corrected chi connectivity index (χ0v) is 26.9. The van der Waals surface area contributed by atoms with Crippen LogP contribution in [0.25, 0.3) is 0 Å². The molecule has 7 rings (SSSR count). The quantitative estimate of drug-likeness (QED) is 0.446. The van der Waals surface area contributed by atoms with E-state index in [1.165, 1.54) is 19.3 Å². The molecule has 2 aromatic carbocycles. The first-order valence-electron chi connectivity index (χ1n) is 16.9. The van der Waals surface area contributed by atoms with Gasteiger partial charge in [-0.15, -0.1) is 11.8 Å². The van der Waals surface area contributed by atoms with Crippen LogP contribution in [0.2, 0.25) is 0 Å². The van der Waals surface area contributed by atoms with E-state index in [1.54, 1.807) is 11.8 Å². The molecule has 3 saturated heterocycles. The van der Waals surface area contributed by atoms with E-state index in [0.717, 1.165) is 81.0 Å². The van der Waals surface area contributed by atoms with Crippen LogP contribution in [-0.4, -0.2) is 90.2 Å². The number of nitrogens with one attached hydrogen (secondary N) is 1. The van der Waals surface area contributed by atoms with Crippen LogP contribution in [0.4, 0.5) is 21.9 Å². The second-order valence-corrected chi connectivity index (χ2v) is 14.4. The molecule has 2 aromatic rings. The molecule has 1 N–H and O–H groups in total. The maximum absolute atomic E-state index is 14.0. The lowest BCUT2D eigenvalue weighted by Gasteiger charge is -2.38. The second-order valence-electron chi connectivity index (χ2n) is 13.1. The zero-order valence-electron chi connectivity index (χ0n) is 26.1. The number of hydrogen-bond donors (Lipinski definition) is 1. The Labute approximate surface area is 272 Å². The lowest BCUT2D eigenvalue weighted by Crippen LogP contribution is -2.50. The molecule has 2 atom stereocenters. The molecule has 0 bridgehead atoms. The van der Waals surface area contributed by atoms with E-state index in [1.807, 2.05) is 32.9 Å². The van der Waals surface area contributed by atoms with Crippen LogP contribution >= 0.6 is 11.8 Å². The van der Waals surface area contributed by atoms with Crippen LogP contribution in [0, 0.1) is 5.92 Å². The molecule has 9 nitrogen and oxygen atoms in total. The summed E-state index contributed by atoms with van der Waals surface area (Å²) in [4.78, 5) is 48.9. The third-order valence-corrected chi connectivity index (χ3v) is 12.0. The molecule has 0 spiro atoms. The monoisotopic (exact) mass is 633 g/mol. The van der Waals surface area contributed by atoms with Crippen LogP contribution in [0.1, 0.15) is 58.4 Å². The normalized spacial score (nSPS) is 25.2. The Bertz CT molecular complexity index is 1380. The number of urea groups is 1. The average Bonchev–Trinajstić information content (AvgIpc) is 3.31. The number of benzene rings is 2. The Morgan fingerprint density at radius 3 is 2.33 bits per heavy atom. The highest BCUT2D eigenvalue weighted by Crippen LogP contribution is 2.45. The minimum atomic E-state index is -0.365. The maximum Gasteiger partial charge on any atom is 0.322 e. The number of fused-ring (bicyclic) bond motifs is 1. The molecular weight excluding hydrogens is 586 g/mol. The van der Waals surface area contributed by atoms with Gasteiger partial charge in [-0.3, -0.25) is 14.5 Å². The van der Waals surface area contributed by atoms with Crippen molar-refractivity contribution < 1.29 is 20.5 Å². The summed E-state index contributed by atoms with van der Waals surface area (Å²) >= 11 is 1.71. The Morgan fingerprint density at radius 2 is 1.58 bits per heavy atom. The Hall–Kier alpha value is -3.24. The summed E-state index contributed by atoms with van der Waals surface area (Å²) in [5.74, 6) is 0.575. The van der Waals surface area contributed by atoms with E-state index in [0.29, 0.717) is 25.6 Å². The summed E-state index contributed by atoms with van der Waals surface area (Å²) in [6.45, 7) is 5.15. The topological polar surface area (TPSA) is 85.4 Å². The summed E-state index contributed by atoms with van der Waals surface area (Å²) in [5, 5.41) is 2.79. The van der Waals surface area contributed by atoms with Gasteiger partial charge in [-0.05, 0) is 73.9 Å². The molecule has 4 fully saturated rings. The largest absolute Gasteiger partial charge is 0.378 e. The van der Waals surface area contributed by atoms with Gasteiger partial charge in [0.05, 0.1) is 23.8 Å². The first-order valence-corrected chi connectivity index (χ1v) is 17.8. The standard InChI is InChI=1S/C35H45N5O4S.H2/c41-32(38-17-15-28(16-18-38)39-19-14-25-6-4-5-9-30(25)36-35(39)43)24-31-33(42)40(34(45-31)26-7-2-1-3-8-26)29-12-10-27(11-13-29)37-20-22-44-23-21-37;/h4-6,9-13,26,28,31,34H,1-3,7-8,14-24H2,(H,36,43);1H. The summed E-state index contributed by atoms with van der Waals surface area (Å²) < 4.78 is 5.52. The molecule has 4 aliphatic heterocycles. The van der Waals surface area contributed by atoms with Crippen LogP contribution in [0.15, 0.2) is 48.5 Å². The van der Waals surface area contributed by atoms with Crippen molar-refractivity contribution in [1.82, 2.24) is 9.80 Å². The van der Waals surface area contributed by atoms with Gasteiger partial charge < -0.3 is 24.8 Å². The molecule has 5 aliphatic rings. The van der Waals surface area contributed by atoms with E-state index in [4.69, 9.17) is 4.74 Å². The fourth-order valence-electron chi connectivity index (χ4n) is 7.82. The number of thioether (sulfide) groups is 1. The number of ether oxygens (including phenoxy) is 1. The smallest absolute Gasteiger partial charge is 0.322 e. The minimum absolute atomic E-state index is 0. The van der Waals surface area contributed by atoms with Crippen molar-refractivity contribution in [3.63, 3.8) is 0 Å². The fourth-order valence-corrected chi connectivity index (χ4v) is 9.46. The second kappa shape index (κ2) is 13.6. The lowest BCUT2D eigenvalue weighted by atomic mass is 9.88. The number of nitrogens with zero attached hydrogens (tertiary/aromatic N) is 4. The highest BCUT2D eigenvalue weighted by molar-refractivity contribution is 8.02. The van der Waals surface area contributed by atoms with Gasteiger partial charge in [-0.1, -0.05) is 37.5 Å². The van der Waals surface area contributed by atoms with E-state index in [9.17, 15) is 14.4 Å². The average molecular weight is 634 g/mol. The van der Waals surface area contributed by atoms with Crippen molar-refractivity contribution in [2.75, 3.05) is 61.1 Å². The number of hydrogen-bond acceptors (Lipinski definition) is 6. The number of morpholine rings is 1. The summed E-state index contributed by atoms with van der Waals surface area (Å²) in [5.41, 5.74) is 4.15. The van der Waals surface area contributed by atoms with Gasteiger partial charge in [0.25, 0.3) is 0 Å². The van der Waals surface area contributed by atoms with E-state index in [2.05, 4.69) is 40.5 Å². The van der Waals surface area contributed by atoms with Crippen molar-refractivity contribution in [3.05, 3.63) is 54.1 Å². The van der Waals surface area contributed by atoms with Crippen molar-refractivity contribution in [3.8, 4) is 0 Å². The van der Waals surface area contributed by atoms with Gasteiger partial charge in [0.15, 0.2) is 0 Å². The Balaban J connectivity index is 0.00000372. The van der Waals surface area contributed by atoms with Crippen LogP contribution in [-0.2, 0) is 20.7 Å². The Morgan fingerprint density at radius 1 is 0.867 bits per heavy atom. The van der Waals surface area contributed by atoms with Gasteiger partial charge in [-0.25, -0.2) is 4.79 Å². The van der Waals surface area contributed by atoms with Crippen molar-refractivity contribution >= 4 is 46.7 Å². The van der Waals surface area contributed by atoms with Gasteiger partial charge in [0, 0.05) is 63.7 Å². The van der Waals surface area contributed by atoms with Crippen molar-refractivity contribution in [2.45, 2.75) is 74.5 Å². The Kier molecular flexibility index (Phi) is 9.21. The van der Waals surface area contributed by atoms with E-state index < -0.39 is 0 Å². The van der Waals surface area contributed by atoms with Crippen LogP contribution in [0.5, 0.6) is 0 Å². The van der Waals surface area contributed by atoms with Gasteiger partial charge in [0.2, 0.25) is 11.8 Å². The molecular formula is C35H47N5O4S. The molecule has 1 saturated carbocycles. The summed E-state index contributed by atoms with van der Waals surface area (Å²) in [6.07, 6.45) is 8.52. The third kappa shape index (κ3) is 6.54. The number of likely N-dealkylation sites (tertiary alicyclic amines) is 1. The van der Waals surface area contributed by atoms with Crippen molar-refractivity contribution in [1.29, 1.82) is 0 Å². The fraction of sp³-hybridized carbons (Fsp3) is 0.571. The molecule has 1 aliphatic carbocycles. The number of carbonyl (C=O) groups excluding carboxylic acids is 3. The number of rotatable bonds is 6. The van der Waals surface area contributed by atoms with E-state index in [-0.39, 0.29) is 42.4 Å². The molecule has 10 heteroatoms. The summed E-state index contributed by atoms with van der Waals surface area (Å²) in [7, 11) is 0. The molecule has 2 unspecified atom stereocenters. The predicted octanol–water partition coefficient (Wildman–Crippen LogP) is 5.60. The number of anilines is 3. The molecule has 0 radical (unpaired) electrons. The number of piperidine rings is 1. The molecule has 4 heterocycles. The van der Waals surface area contributed by atoms with Crippen LogP contribution in [0.3, 0.4) is 0 Å². The highest BCUT2D eigenvalue weighted by Gasteiger charge is 2.46. The maximum atomic E-state index is 14.0. The van der Waals surface area contributed by atoms with Gasteiger partial charge in [-0.2, -0.15) is 0 Å². The third-order valence-electron chi connectivity index (χ3n) is 10.4. The number of para-hydroxylation sites is 1. The lowest BCUT2D eigenvalue weighted by molar-refractivity contribution is -0.134. The van der Waals surface area contributed by atoms with Crippen molar-refractivity contribution in [2.24, 2.45) is 5.92 Å². The minimum Gasteiger partial charge on any atom is -0.378 e. The molecule has 0 aromatic heterocycles. The van der Waals surface area contributed by atoms with E-state index >= 15 is 0 Å². The predicted molar refractivity (Wildman–Crippen MR) is 181 cm³/mol. The zero-order chi connectivity index (χ0) is 30.8. The van der Waals surface area contributed by atoms with Crippen LogP contribution < -0.4 is 15.1 Å². The molecule has 242 valence electrons. The first-order chi connectivity index (χ1) is 22.0. The van der Waals surface area contributed by atoms with Gasteiger partial charge >= 0.3 is 6.03 Å². The number of carbonyl (C=O) groups is 3. The van der Waals surface area contributed by atoms with Gasteiger partial charge in [0.1, 0.15) is 0 Å². The SMILES string of the molecule is O=C(CC1SC(C2CCCCC2)N(c2ccc(N3CCOCC3)cc2)C1=O)N1CCC(N2CCc3ccccc3NC2=O)CC1.[HH]. The highest BCUT2D eigenvalue weighted by atomic mass is 32.2.